The van der Waals surface area contributed by atoms with Gasteiger partial charge < -0.3 is 9.13 Å². The van der Waals surface area contributed by atoms with Gasteiger partial charge >= 0.3 is 0 Å². The van der Waals surface area contributed by atoms with E-state index in [0.717, 1.165) is 0 Å². The highest BCUT2D eigenvalue weighted by molar-refractivity contribution is 8.09. The number of rotatable bonds is 2. The minimum Gasteiger partial charge on any atom is -0.367 e. The Labute approximate surface area is 121 Å². The maximum atomic E-state index is 2.53. The van der Waals surface area contributed by atoms with Gasteiger partial charge in [-0.05, 0) is 10.8 Å². The van der Waals surface area contributed by atoms with Crippen molar-refractivity contribution in [2.24, 2.45) is 0 Å². The molecule has 2 nitrogen and oxygen atoms in total. The zero-order valence-corrected chi connectivity index (χ0v) is 15.7. The minimum absolute atomic E-state index is 1.33. The Morgan fingerprint density at radius 2 is 1.06 bits per heavy atom. The van der Waals surface area contributed by atoms with Gasteiger partial charge in [-0.3, -0.25) is 0 Å². The quantitative estimate of drug-likeness (QED) is 0.674. The van der Waals surface area contributed by atoms with Gasteiger partial charge in [-0.25, -0.2) is 0 Å². The van der Waals surface area contributed by atoms with Crippen LogP contribution in [-0.4, -0.2) is 25.6 Å². The van der Waals surface area contributed by atoms with Crippen LogP contribution in [0.1, 0.15) is 0 Å². The van der Waals surface area contributed by atoms with Crippen molar-refractivity contribution in [1.82, 2.24) is 9.13 Å². The normalized spacial score (nSPS) is 24.6. The number of hydrogen-bond acceptors (Lipinski definition) is 4. The van der Waals surface area contributed by atoms with Crippen LogP contribution < -0.4 is 0 Å². The third-order valence-electron chi connectivity index (χ3n) is 2.85. The zero-order chi connectivity index (χ0) is 13.6. The van der Waals surface area contributed by atoms with Crippen LogP contribution in [0, 0.1) is 0 Å². The highest BCUT2D eigenvalue weighted by Gasteiger charge is 2.35. The summed E-state index contributed by atoms with van der Waals surface area (Å²) >= 11 is 3.75. The molecule has 100 valence electrons. The van der Waals surface area contributed by atoms with Gasteiger partial charge in [0.15, 0.2) is 16.5 Å². The lowest BCUT2D eigenvalue weighted by Gasteiger charge is -2.36. The molecule has 0 fully saturated rings. The first-order valence-electron chi connectivity index (χ1n) is 6.21. The summed E-state index contributed by atoms with van der Waals surface area (Å²) in [6.45, 7) is 14.4. The molecule has 2 heterocycles. The summed E-state index contributed by atoms with van der Waals surface area (Å²) in [6, 6.07) is 0. The number of nitrogens with zero attached hydrogens (tertiary/aromatic N) is 2. The van der Waals surface area contributed by atoms with E-state index in [1.807, 2.05) is 23.5 Å². The second-order valence-electron chi connectivity index (χ2n) is 6.50. The van der Waals surface area contributed by atoms with E-state index >= 15 is 0 Å². The molecule has 0 radical (unpaired) electrons. The van der Waals surface area contributed by atoms with E-state index in [4.69, 9.17) is 0 Å². The molecule has 0 bridgehead atoms. The van der Waals surface area contributed by atoms with Gasteiger partial charge in [0.05, 0.1) is 0 Å². The predicted molar refractivity (Wildman–Crippen MR) is 90.9 cm³/mol. The molecule has 18 heavy (non-hydrogen) atoms. The first-order chi connectivity index (χ1) is 8.21. The molecule has 0 spiro atoms. The molecule has 0 atom stereocenters. The van der Waals surface area contributed by atoms with Crippen molar-refractivity contribution in [3.63, 3.8) is 0 Å². The van der Waals surface area contributed by atoms with E-state index in [1.165, 1.54) is 10.1 Å². The topological polar surface area (TPSA) is 6.48 Å². The molecule has 0 aliphatic carbocycles. The molecule has 0 aromatic carbocycles. The average molecular weight is 315 g/mol. The lowest BCUT2D eigenvalue weighted by atomic mass is 10.8. The highest BCUT2D eigenvalue weighted by Crippen LogP contribution is 2.44. The van der Waals surface area contributed by atoms with Crippen LogP contribution in [-0.2, 0) is 0 Å². The standard InChI is InChI=1S/C12H22N2S2Si2/c1-17(2,3)13-7-9-15-11(13)12-14(8-10-16-12)18(4,5)6/h7-10H,1-6H3/b12-11+. The van der Waals surface area contributed by atoms with E-state index in [1.54, 1.807) is 0 Å². The monoisotopic (exact) mass is 314 g/mol. The van der Waals surface area contributed by atoms with Crippen LogP contribution in [0.5, 0.6) is 0 Å². The van der Waals surface area contributed by atoms with Crippen LogP contribution in [0.15, 0.2) is 33.3 Å². The predicted octanol–water partition coefficient (Wildman–Crippen LogP) is 4.82. The summed E-state index contributed by atoms with van der Waals surface area (Å²) in [5.74, 6) is 0. The van der Waals surface area contributed by atoms with Crippen LogP contribution in [0.4, 0.5) is 0 Å². The Balaban J connectivity index is 2.37. The van der Waals surface area contributed by atoms with Gasteiger partial charge in [-0.15, -0.1) is 0 Å². The average Bonchev–Trinajstić information content (AvgIpc) is 2.83. The van der Waals surface area contributed by atoms with Crippen LogP contribution in [0.25, 0.3) is 0 Å². The van der Waals surface area contributed by atoms with E-state index in [9.17, 15) is 0 Å². The lowest BCUT2D eigenvalue weighted by molar-refractivity contribution is 0.687. The lowest BCUT2D eigenvalue weighted by Crippen LogP contribution is -2.43. The summed E-state index contributed by atoms with van der Waals surface area (Å²) in [4.78, 5) is 0. The Morgan fingerprint density at radius 1 is 0.722 bits per heavy atom. The summed E-state index contributed by atoms with van der Waals surface area (Å²) < 4.78 is 5.06. The fraction of sp³-hybridized carbons (Fsp3) is 0.500. The molecule has 0 aromatic heterocycles. The van der Waals surface area contributed by atoms with Gasteiger partial charge in [0, 0.05) is 12.4 Å². The van der Waals surface area contributed by atoms with E-state index in [0.29, 0.717) is 0 Å². The summed E-state index contributed by atoms with van der Waals surface area (Å²) in [5.41, 5.74) is 0. The molecule has 0 saturated carbocycles. The SMILES string of the molecule is C[Si](C)(C)N1C=CS/C1=C1/SC=CN1[Si](C)(C)C. The van der Waals surface area contributed by atoms with Crippen LogP contribution >= 0.6 is 23.5 Å². The number of hydrogen-bond donors (Lipinski definition) is 0. The fourth-order valence-corrected chi connectivity index (χ4v) is 8.39. The molecule has 0 unspecified atom stereocenters. The second kappa shape index (κ2) is 4.81. The third-order valence-corrected chi connectivity index (χ3v) is 8.68. The minimum atomic E-state index is -1.33. The molecule has 0 aromatic rings. The first-order valence-corrected chi connectivity index (χ1v) is 14.9. The third kappa shape index (κ3) is 2.76. The molecule has 2 aliphatic rings. The molecule has 0 saturated heterocycles. The van der Waals surface area contributed by atoms with Crippen molar-refractivity contribution in [3.8, 4) is 0 Å². The Kier molecular flexibility index (Phi) is 3.84. The molecule has 2 rings (SSSR count). The van der Waals surface area contributed by atoms with E-state index in [-0.39, 0.29) is 0 Å². The Hall–Kier alpha value is -0.0462. The van der Waals surface area contributed by atoms with Gasteiger partial charge in [0.1, 0.15) is 10.1 Å². The summed E-state index contributed by atoms with van der Waals surface area (Å²) in [6.07, 6.45) is 4.53. The number of thioether (sulfide) groups is 2. The van der Waals surface area contributed by atoms with Crippen molar-refractivity contribution >= 4 is 40.0 Å². The molecule has 0 N–H and O–H groups in total. The maximum absolute atomic E-state index is 2.53. The first kappa shape index (κ1) is 14.4. The Bertz CT molecular complexity index is 390. The molecule has 0 amide bonds. The van der Waals surface area contributed by atoms with Crippen molar-refractivity contribution < 1.29 is 0 Å². The second-order valence-corrected chi connectivity index (χ2v) is 17.9. The zero-order valence-electron chi connectivity index (χ0n) is 12.0. The van der Waals surface area contributed by atoms with Crippen LogP contribution in [0.2, 0.25) is 39.3 Å². The van der Waals surface area contributed by atoms with Gasteiger partial charge in [0.2, 0.25) is 0 Å². The van der Waals surface area contributed by atoms with Crippen molar-refractivity contribution in [2.75, 3.05) is 0 Å². The van der Waals surface area contributed by atoms with Crippen molar-refractivity contribution in [1.29, 1.82) is 0 Å². The molecular weight excluding hydrogens is 292 g/mol. The smallest absolute Gasteiger partial charge is 0.153 e. The van der Waals surface area contributed by atoms with Crippen molar-refractivity contribution in [3.05, 3.63) is 33.3 Å². The van der Waals surface area contributed by atoms with Gasteiger partial charge in [0.25, 0.3) is 0 Å². The van der Waals surface area contributed by atoms with Gasteiger partial charge in [-0.1, -0.05) is 62.8 Å². The maximum Gasteiger partial charge on any atom is 0.153 e. The largest absolute Gasteiger partial charge is 0.367 e. The van der Waals surface area contributed by atoms with E-state index < -0.39 is 16.5 Å². The molecular formula is C12H22N2S2Si2. The summed E-state index contributed by atoms with van der Waals surface area (Å²) in [7, 11) is -2.66. The summed E-state index contributed by atoms with van der Waals surface area (Å²) in [5, 5.41) is 7.32. The Morgan fingerprint density at radius 3 is 1.33 bits per heavy atom. The molecule has 2 aliphatic heterocycles. The van der Waals surface area contributed by atoms with Gasteiger partial charge in [-0.2, -0.15) is 0 Å². The van der Waals surface area contributed by atoms with Crippen molar-refractivity contribution in [2.45, 2.75) is 39.3 Å². The van der Waals surface area contributed by atoms with E-state index in [2.05, 4.69) is 71.6 Å². The fourth-order valence-electron chi connectivity index (χ4n) is 1.92. The van der Waals surface area contributed by atoms with Crippen LogP contribution in [0.3, 0.4) is 0 Å². The highest BCUT2D eigenvalue weighted by atomic mass is 32.2. The molecule has 6 heteroatoms.